The number of carbonyl (C=O) groups is 1. The fraction of sp³-hybridized carbons (Fsp3) is 0.300. The van der Waals surface area contributed by atoms with Crippen LogP contribution >= 0.6 is 0 Å². The molecule has 1 N–H and O–H groups in total. The van der Waals surface area contributed by atoms with E-state index in [1.807, 2.05) is 0 Å². The molecule has 5 nitrogen and oxygen atoms in total. The Labute approximate surface area is 94.3 Å². The molecule has 0 bridgehead atoms. The number of nitrogens with one attached hydrogen (secondary N) is 1. The highest BCUT2D eigenvalue weighted by Crippen LogP contribution is 2.45. The molecule has 1 atom stereocenters. The fourth-order valence-electron chi connectivity index (χ4n) is 1.82. The van der Waals surface area contributed by atoms with E-state index in [1.165, 1.54) is 6.07 Å². The van der Waals surface area contributed by atoms with Crippen LogP contribution in [0.5, 0.6) is 11.5 Å². The highest BCUT2D eigenvalue weighted by molar-refractivity contribution is 5.70. The van der Waals surface area contributed by atoms with Gasteiger partial charge in [-0.3, -0.25) is 0 Å². The van der Waals surface area contributed by atoms with Crippen molar-refractivity contribution >= 4 is 6.09 Å². The molecule has 3 rings (SSSR count). The van der Waals surface area contributed by atoms with Gasteiger partial charge in [-0.1, -0.05) is 12.1 Å². The maximum Gasteiger partial charge on any atom is 0.586 e. The molecular weight excluding hydrogens is 236 g/mol. The Morgan fingerprint density at radius 1 is 1.35 bits per heavy atom. The van der Waals surface area contributed by atoms with Crippen molar-refractivity contribution in [1.29, 1.82) is 0 Å². The number of cyclic esters (lactones) is 1. The Morgan fingerprint density at radius 3 is 2.88 bits per heavy atom. The van der Waals surface area contributed by atoms with Crippen LogP contribution < -0.4 is 14.8 Å². The summed E-state index contributed by atoms with van der Waals surface area (Å²) >= 11 is 0. The van der Waals surface area contributed by atoms with Gasteiger partial charge in [0.05, 0.1) is 6.04 Å². The highest BCUT2D eigenvalue weighted by atomic mass is 19.3. The van der Waals surface area contributed by atoms with Crippen LogP contribution in [0.1, 0.15) is 11.6 Å². The van der Waals surface area contributed by atoms with Crippen LogP contribution in [0, 0.1) is 0 Å². The van der Waals surface area contributed by atoms with Crippen LogP contribution in [-0.2, 0) is 4.74 Å². The topological polar surface area (TPSA) is 56.8 Å². The van der Waals surface area contributed by atoms with Gasteiger partial charge >= 0.3 is 12.4 Å². The Hall–Kier alpha value is -2.05. The molecule has 0 aliphatic carbocycles. The van der Waals surface area contributed by atoms with Gasteiger partial charge in [-0.25, -0.2) is 4.79 Å². The van der Waals surface area contributed by atoms with Gasteiger partial charge in [0.1, 0.15) is 6.61 Å². The highest BCUT2D eigenvalue weighted by Gasteiger charge is 2.45. The lowest BCUT2D eigenvalue weighted by atomic mass is 10.1. The second-order valence-electron chi connectivity index (χ2n) is 3.64. The summed E-state index contributed by atoms with van der Waals surface area (Å²) in [6.45, 7) is 0.0736. The van der Waals surface area contributed by atoms with Crippen molar-refractivity contribution in [2.75, 3.05) is 6.61 Å². The van der Waals surface area contributed by atoms with Crippen molar-refractivity contribution in [3.63, 3.8) is 0 Å². The maximum atomic E-state index is 12.9. The van der Waals surface area contributed by atoms with E-state index in [4.69, 9.17) is 4.74 Å². The van der Waals surface area contributed by atoms with Gasteiger partial charge in [-0.15, -0.1) is 8.78 Å². The molecule has 2 aliphatic rings. The lowest BCUT2D eigenvalue weighted by Crippen LogP contribution is -2.26. The van der Waals surface area contributed by atoms with Crippen LogP contribution in [0.4, 0.5) is 13.6 Å². The van der Waals surface area contributed by atoms with E-state index in [0.29, 0.717) is 5.56 Å². The van der Waals surface area contributed by atoms with E-state index in [1.54, 1.807) is 12.1 Å². The predicted molar refractivity (Wildman–Crippen MR) is 49.9 cm³/mol. The smallest absolute Gasteiger partial charge is 0.447 e. The zero-order valence-electron chi connectivity index (χ0n) is 8.41. The molecule has 1 aromatic rings. The number of fused-ring (bicyclic) bond motifs is 1. The fourth-order valence-corrected chi connectivity index (χ4v) is 1.82. The van der Waals surface area contributed by atoms with Crippen LogP contribution in [0.25, 0.3) is 0 Å². The van der Waals surface area contributed by atoms with E-state index in [2.05, 4.69) is 14.8 Å². The quantitative estimate of drug-likeness (QED) is 0.816. The number of benzene rings is 1. The lowest BCUT2D eigenvalue weighted by molar-refractivity contribution is -0.287. The van der Waals surface area contributed by atoms with Gasteiger partial charge in [0.15, 0.2) is 11.5 Å². The molecule has 17 heavy (non-hydrogen) atoms. The standard InChI is InChI=1S/C10H7F2NO4/c11-10(12)16-7-3-1-2-5(8(7)17-10)6-4-15-9(14)13-6/h1-3,6H,4H2,(H,13,14)/t6-/m0/s1. The van der Waals surface area contributed by atoms with Crippen molar-refractivity contribution in [2.45, 2.75) is 12.3 Å². The Bertz CT molecular complexity index is 491. The van der Waals surface area contributed by atoms with E-state index in [9.17, 15) is 13.6 Å². The second kappa shape index (κ2) is 3.22. The Kier molecular flexibility index (Phi) is 1.92. The van der Waals surface area contributed by atoms with Gasteiger partial charge < -0.3 is 19.5 Å². The third kappa shape index (κ3) is 1.63. The second-order valence-corrected chi connectivity index (χ2v) is 3.64. The molecule has 90 valence electrons. The molecule has 0 saturated carbocycles. The number of halogens is 2. The molecule has 2 aliphatic heterocycles. The van der Waals surface area contributed by atoms with Crippen molar-refractivity contribution in [3.8, 4) is 11.5 Å². The first-order chi connectivity index (χ1) is 8.05. The number of alkyl carbamates (subject to hydrolysis) is 1. The first kappa shape index (κ1) is 10.1. The minimum atomic E-state index is -3.66. The zero-order chi connectivity index (χ0) is 12.0. The van der Waals surface area contributed by atoms with Crippen LogP contribution in [0.3, 0.4) is 0 Å². The number of carbonyl (C=O) groups excluding carboxylic acids is 1. The van der Waals surface area contributed by atoms with Crippen LogP contribution in [0.2, 0.25) is 0 Å². The van der Waals surface area contributed by atoms with E-state index < -0.39 is 18.4 Å². The van der Waals surface area contributed by atoms with Crippen molar-refractivity contribution in [1.82, 2.24) is 5.32 Å². The normalized spacial score (nSPS) is 24.4. The number of hydrogen-bond donors (Lipinski definition) is 1. The van der Waals surface area contributed by atoms with Gasteiger partial charge in [0.25, 0.3) is 0 Å². The molecular formula is C10H7F2NO4. The summed E-state index contributed by atoms with van der Waals surface area (Å²) in [5.74, 6) is -0.109. The van der Waals surface area contributed by atoms with Crippen molar-refractivity contribution in [2.24, 2.45) is 0 Å². The summed E-state index contributed by atoms with van der Waals surface area (Å²) in [4.78, 5) is 10.9. The van der Waals surface area contributed by atoms with Crippen LogP contribution in [-0.4, -0.2) is 19.0 Å². The third-order valence-electron chi connectivity index (χ3n) is 2.51. The van der Waals surface area contributed by atoms with Gasteiger partial charge in [0.2, 0.25) is 0 Å². The summed E-state index contributed by atoms with van der Waals surface area (Å²) in [7, 11) is 0. The monoisotopic (exact) mass is 243 g/mol. The van der Waals surface area contributed by atoms with Gasteiger partial charge in [0, 0.05) is 5.56 Å². The number of ether oxygens (including phenoxy) is 3. The summed E-state index contributed by atoms with van der Waals surface area (Å²) in [5.41, 5.74) is 0.408. The number of rotatable bonds is 1. The molecule has 1 amide bonds. The molecule has 0 aromatic heterocycles. The number of para-hydroxylation sites is 1. The molecule has 1 fully saturated rings. The molecule has 0 unspecified atom stereocenters. The van der Waals surface area contributed by atoms with Crippen LogP contribution in [0.15, 0.2) is 18.2 Å². The summed E-state index contributed by atoms with van der Waals surface area (Å²) in [5, 5.41) is 2.49. The Balaban J connectivity index is 1.98. The average Bonchev–Trinajstić information content (AvgIpc) is 2.78. The van der Waals surface area contributed by atoms with Crippen molar-refractivity contribution in [3.05, 3.63) is 23.8 Å². The van der Waals surface area contributed by atoms with E-state index >= 15 is 0 Å². The molecule has 1 saturated heterocycles. The van der Waals surface area contributed by atoms with Gasteiger partial charge in [-0.2, -0.15) is 0 Å². The number of amides is 1. The summed E-state index contributed by atoms with van der Waals surface area (Å²) < 4.78 is 39.3. The maximum absolute atomic E-state index is 12.9. The summed E-state index contributed by atoms with van der Waals surface area (Å²) in [6.07, 6.45) is -4.25. The molecule has 7 heteroatoms. The largest absolute Gasteiger partial charge is 0.586 e. The molecule has 1 aromatic carbocycles. The van der Waals surface area contributed by atoms with E-state index in [0.717, 1.165) is 0 Å². The summed E-state index contributed by atoms with van der Waals surface area (Å²) in [6, 6.07) is 3.99. The minimum absolute atomic E-state index is 0.0475. The minimum Gasteiger partial charge on any atom is -0.447 e. The lowest BCUT2D eigenvalue weighted by Gasteiger charge is -2.10. The first-order valence-corrected chi connectivity index (χ1v) is 4.87. The van der Waals surface area contributed by atoms with Crippen molar-refractivity contribution < 1.29 is 27.8 Å². The first-order valence-electron chi connectivity index (χ1n) is 4.87. The van der Waals surface area contributed by atoms with Gasteiger partial charge in [-0.05, 0) is 6.07 Å². The predicted octanol–water partition coefficient (Wildman–Crippen LogP) is 1.79. The number of alkyl halides is 2. The molecule has 2 heterocycles. The zero-order valence-corrected chi connectivity index (χ0v) is 8.41. The Morgan fingerprint density at radius 2 is 2.18 bits per heavy atom. The third-order valence-corrected chi connectivity index (χ3v) is 2.51. The van der Waals surface area contributed by atoms with E-state index in [-0.39, 0.29) is 18.1 Å². The average molecular weight is 243 g/mol. The number of hydrogen-bond acceptors (Lipinski definition) is 4. The SMILES string of the molecule is O=C1N[C@H](c2cccc3c2OC(F)(F)O3)CO1. The molecule has 0 radical (unpaired) electrons. The molecule has 0 spiro atoms.